The Labute approximate surface area is 104 Å². The maximum Gasteiger partial charge on any atom is 0.0317 e. The Hall–Kier alpha value is 0.660. The zero-order valence-corrected chi connectivity index (χ0v) is 12.1. The van der Waals surface area contributed by atoms with Crippen molar-refractivity contribution < 1.29 is 0 Å². The summed E-state index contributed by atoms with van der Waals surface area (Å²) in [7, 11) is 0. The second kappa shape index (κ2) is 7.08. The minimum Gasteiger partial charge on any atom is -0.313 e. The number of thioether (sulfide) groups is 2. The third-order valence-electron chi connectivity index (χ3n) is 2.83. The molecule has 0 bridgehead atoms. The summed E-state index contributed by atoms with van der Waals surface area (Å²) >= 11 is 4.32. The van der Waals surface area contributed by atoms with Gasteiger partial charge in [0.15, 0.2) is 0 Å². The average Bonchev–Trinajstić information content (AvgIpc) is 2.17. The lowest BCUT2D eigenvalue weighted by atomic mass is 9.99. The van der Waals surface area contributed by atoms with Crippen molar-refractivity contribution in [3.8, 4) is 0 Å². The summed E-state index contributed by atoms with van der Waals surface area (Å²) < 4.78 is 0. The lowest BCUT2D eigenvalue weighted by Crippen LogP contribution is -2.45. The monoisotopic (exact) mass is 247 g/mol. The number of hydrogen-bond acceptors (Lipinski definition) is 3. The summed E-state index contributed by atoms with van der Waals surface area (Å²) in [6.07, 6.45) is 1.32. The third-order valence-corrected chi connectivity index (χ3v) is 6.08. The molecule has 0 radical (unpaired) electrons. The van der Waals surface area contributed by atoms with E-state index in [0.717, 1.165) is 23.0 Å². The van der Waals surface area contributed by atoms with E-state index in [1.54, 1.807) is 0 Å². The van der Waals surface area contributed by atoms with Gasteiger partial charge in [-0.3, -0.25) is 0 Å². The second-order valence-electron chi connectivity index (χ2n) is 4.71. The van der Waals surface area contributed by atoms with E-state index in [9.17, 15) is 0 Å². The summed E-state index contributed by atoms with van der Waals surface area (Å²) in [6, 6.07) is 0.711. The van der Waals surface area contributed by atoms with Gasteiger partial charge >= 0.3 is 0 Å². The van der Waals surface area contributed by atoms with Crippen LogP contribution in [0.15, 0.2) is 0 Å². The Bertz CT molecular complexity index is 173. The van der Waals surface area contributed by atoms with Crippen molar-refractivity contribution in [2.75, 3.05) is 18.1 Å². The van der Waals surface area contributed by atoms with Gasteiger partial charge < -0.3 is 5.32 Å². The Morgan fingerprint density at radius 3 is 2.47 bits per heavy atom. The molecule has 0 amide bonds. The largest absolute Gasteiger partial charge is 0.313 e. The van der Waals surface area contributed by atoms with E-state index in [-0.39, 0.29) is 0 Å². The molecular weight excluding hydrogens is 222 g/mol. The molecule has 0 aromatic carbocycles. The fourth-order valence-electron chi connectivity index (χ4n) is 2.20. The van der Waals surface area contributed by atoms with Crippen molar-refractivity contribution in [1.82, 2.24) is 5.32 Å². The van der Waals surface area contributed by atoms with Crippen LogP contribution in [0, 0.1) is 5.92 Å². The van der Waals surface area contributed by atoms with E-state index in [4.69, 9.17) is 0 Å². The molecule has 3 atom stereocenters. The zero-order valence-electron chi connectivity index (χ0n) is 10.5. The van der Waals surface area contributed by atoms with Gasteiger partial charge in [0, 0.05) is 28.0 Å². The molecule has 1 N–H and O–H groups in total. The molecule has 1 aliphatic rings. The minimum atomic E-state index is 0.711. The highest BCUT2D eigenvalue weighted by Crippen LogP contribution is 2.34. The van der Waals surface area contributed by atoms with Crippen LogP contribution < -0.4 is 5.32 Å². The van der Waals surface area contributed by atoms with Gasteiger partial charge in [-0.15, -0.1) is 0 Å². The molecule has 1 aliphatic heterocycles. The molecule has 3 heteroatoms. The molecule has 1 fully saturated rings. The topological polar surface area (TPSA) is 12.0 Å². The first-order valence-electron chi connectivity index (χ1n) is 6.11. The Morgan fingerprint density at radius 2 is 1.93 bits per heavy atom. The van der Waals surface area contributed by atoms with Gasteiger partial charge in [0.25, 0.3) is 0 Å². The van der Waals surface area contributed by atoms with Crippen LogP contribution in [0.3, 0.4) is 0 Å². The number of rotatable bonds is 5. The van der Waals surface area contributed by atoms with E-state index in [2.05, 4.69) is 56.5 Å². The molecule has 1 heterocycles. The van der Waals surface area contributed by atoms with E-state index >= 15 is 0 Å². The molecule has 0 aliphatic carbocycles. The molecule has 1 saturated heterocycles. The first-order valence-corrected chi connectivity index (χ1v) is 8.21. The molecule has 0 spiro atoms. The Balaban J connectivity index is 2.51. The predicted octanol–water partition coefficient (Wildman–Crippen LogP) is 3.25. The van der Waals surface area contributed by atoms with E-state index in [1.165, 1.54) is 17.9 Å². The highest BCUT2D eigenvalue weighted by molar-refractivity contribution is 8.07. The zero-order chi connectivity index (χ0) is 11.3. The molecule has 3 unspecified atom stereocenters. The molecule has 15 heavy (non-hydrogen) atoms. The van der Waals surface area contributed by atoms with Crippen LogP contribution >= 0.6 is 23.5 Å². The van der Waals surface area contributed by atoms with Crippen LogP contribution in [0.25, 0.3) is 0 Å². The van der Waals surface area contributed by atoms with Gasteiger partial charge in [-0.2, -0.15) is 23.5 Å². The summed E-state index contributed by atoms with van der Waals surface area (Å²) in [5.41, 5.74) is 0. The molecule has 0 aromatic heterocycles. The maximum absolute atomic E-state index is 3.68. The van der Waals surface area contributed by atoms with Crippen LogP contribution in [0.1, 0.15) is 34.1 Å². The fraction of sp³-hybridized carbons (Fsp3) is 1.00. The normalized spacial score (nSPS) is 29.4. The summed E-state index contributed by atoms with van der Waals surface area (Å²) in [4.78, 5) is 0. The molecular formula is C12H25NS2. The first kappa shape index (κ1) is 13.7. The van der Waals surface area contributed by atoms with Gasteiger partial charge in [0.2, 0.25) is 0 Å². The Kier molecular flexibility index (Phi) is 6.48. The average molecular weight is 247 g/mol. The van der Waals surface area contributed by atoms with Crippen molar-refractivity contribution in [2.24, 2.45) is 5.92 Å². The summed E-state index contributed by atoms with van der Waals surface area (Å²) in [6.45, 7) is 10.4. The molecule has 0 aromatic rings. The lowest BCUT2D eigenvalue weighted by molar-refractivity contribution is 0.413. The van der Waals surface area contributed by atoms with Crippen molar-refractivity contribution in [3.63, 3.8) is 0 Å². The molecule has 1 nitrogen and oxygen atoms in total. The SMILES string of the molecule is CCNC(CC(C)C)C1SCCSC1C. The number of nitrogens with one attached hydrogen (secondary N) is 1. The van der Waals surface area contributed by atoms with Gasteiger partial charge in [-0.05, 0) is 18.9 Å². The van der Waals surface area contributed by atoms with Crippen LogP contribution in [-0.2, 0) is 0 Å². The minimum absolute atomic E-state index is 0.711. The third kappa shape index (κ3) is 4.58. The standard InChI is InChI=1S/C12H25NS2/c1-5-13-11(8-9(2)3)12-10(4)14-6-7-15-12/h9-13H,5-8H2,1-4H3. The predicted molar refractivity (Wildman–Crippen MR) is 75.1 cm³/mol. The van der Waals surface area contributed by atoms with E-state index in [1.807, 2.05) is 0 Å². The van der Waals surface area contributed by atoms with Gasteiger partial charge in [0.1, 0.15) is 0 Å². The highest BCUT2D eigenvalue weighted by Gasteiger charge is 2.29. The first-order chi connectivity index (χ1) is 7.15. The molecule has 90 valence electrons. The van der Waals surface area contributed by atoms with Crippen molar-refractivity contribution in [1.29, 1.82) is 0 Å². The quantitative estimate of drug-likeness (QED) is 0.801. The van der Waals surface area contributed by atoms with Gasteiger partial charge in [-0.1, -0.05) is 27.7 Å². The second-order valence-corrected chi connectivity index (χ2v) is 7.48. The van der Waals surface area contributed by atoms with Crippen LogP contribution in [0.4, 0.5) is 0 Å². The van der Waals surface area contributed by atoms with Gasteiger partial charge in [0.05, 0.1) is 0 Å². The fourth-order valence-corrected chi connectivity index (χ4v) is 5.17. The smallest absolute Gasteiger partial charge is 0.0317 e. The highest BCUT2D eigenvalue weighted by atomic mass is 32.2. The Morgan fingerprint density at radius 1 is 1.27 bits per heavy atom. The maximum atomic E-state index is 3.68. The van der Waals surface area contributed by atoms with E-state index < -0.39 is 0 Å². The van der Waals surface area contributed by atoms with Crippen molar-refractivity contribution >= 4 is 23.5 Å². The van der Waals surface area contributed by atoms with Crippen molar-refractivity contribution in [2.45, 2.75) is 50.7 Å². The molecule has 1 rings (SSSR count). The van der Waals surface area contributed by atoms with E-state index in [0.29, 0.717) is 6.04 Å². The van der Waals surface area contributed by atoms with Crippen LogP contribution in [0.5, 0.6) is 0 Å². The number of hydrogen-bond donors (Lipinski definition) is 1. The van der Waals surface area contributed by atoms with Gasteiger partial charge in [-0.25, -0.2) is 0 Å². The van der Waals surface area contributed by atoms with Crippen LogP contribution in [0.2, 0.25) is 0 Å². The summed E-state index contributed by atoms with van der Waals surface area (Å²) in [5.74, 6) is 3.47. The summed E-state index contributed by atoms with van der Waals surface area (Å²) in [5, 5.41) is 5.30. The molecule has 0 saturated carbocycles. The van der Waals surface area contributed by atoms with Crippen molar-refractivity contribution in [3.05, 3.63) is 0 Å². The lowest BCUT2D eigenvalue weighted by Gasteiger charge is -2.35. The van der Waals surface area contributed by atoms with Crippen LogP contribution in [-0.4, -0.2) is 34.6 Å².